The number of hydrogen-bond acceptors (Lipinski definition) is 2. The zero-order valence-corrected chi connectivity index (χ0v) is 16.7. The largest absolute Gasteiger partial charge is 0.416 e. The van der Waals surface area contributed by atoms with E-state index in [1.54, 1.807) is 35.0 Å². The van der Waals surface area contributed by atoms with E-state index in [-0.39, 0.29) is 5.25 Å². The van der Waals surface area contributed by atoms with Crippen LogP contribution in [0.4, 0.5) is 13.2 Å². The van der Waals surface area contributed by atoms with Gasteiger partial charge in [-0.1, -0.05) is 60.9 Å². The highest BCUT2D eigenvalue weighted by Gasteiger charge is 2.31. The van der Waals surface area contributed by atoms with E-state index >= 15 is 0 Å². The standard InChI is InChI=1S/C19H15Cl2F3N2S/c1-11(2)27-18-25-10-17(12-6-7-15(20)16(21)8-12)26(18)14-5-3-4-13(9-14)19(22,23)24/h3-11H,1-2H3. The van der Waals surface area contributed by atoms with Crippen molar-refractivity contribution in [2.24, 2.45) is 0 Å². The second-order valence-corrected chi connectivity index (χ2v) is 8.46. The minimum atomic E-state index is -4.42. The van der Waals surface area contributed by atoms with Crippen molar-refractivity contribution in [3.63, 3.8) is 0 Å². The molecule has 0 unspecified atom stereocenters. The maximum absolute atomic E-state index is 13.2. The molecule has 1 heterocycles. The van der Waals surface area contributed by atoms with Crippen molar-refractivity contribution in [2.75, 3.05) is 0 Å². The lowest BCUT2D eigenvalue weighted by Gasteiger charge is -2.15. The Kier molecular flexibility index (Phi) is 5.79. The van der Waals surface area contributed by atoms with E-state index in [9.17, 15) is 13.2 Å². The van der Waals surface area contributed by atoms with Crippen LogP contribution in [0.15, 0.2) is 53.8 Å². The minimum absolute atomic E-state index is 0.207. The first-order valence-corrected chi connectivity index (χ1v) is 9.68. The second-order valence-electron chi connectivity index (χ2n) is 6.11. The summed E-state index contributed by atoms with van der Waals surface area (Å²) in [4.78, 5) is 4.42. The average molecular weight is 431 g/mol. The van der Waals surface area contributed by atoms with Gasteiger partial charge in [0.1, 0.15) is 0 Å². The minimum Gasteiger partial charge on any atom is -0.287 e. The number of imidazole rings is 1. The molecule has 0 saturated carbocycles. The highest BCUT2D eigenvalue weighted by atomic mass is 35.5. The fraction of sp³-hybridized carbons (Fsp3) is 0.211. The predicted molar refractivity (Wildman–Crippen MR) is 105 cm³/mol. The van der Waals surface area contributed by atoms with Crippen LogP contribution in [0.25, 0.3) is 16.9 Å². The van der Waals surface area contributed by atoms with Gasteiger partial charge < -0.3 is 0 Å². The normalized spacial score (nSPS) is 12.0. The van der Waals surface area contributed by atoms with Gasteiger partial charge in [-0.3, -0.25) is 4.57 Å². The highest BCUT2D eigenvalue weighted by molar-refractivity contribution is 7.99. The molecule has 0 amide bonds. The number of aromatic nitrogens is 2. The van der Waals surface area contributed by atoms with Crippen LogP contribution < -0.4 is 0 Å². The Labute approximate surface area is 169 Å². The predicted octanol–water partition coefficient (Wildman–Crippen LogP) is 7.37. The van der Waals surface area contributed by atoms with Gasteiger partial charge in [-0.25, -0.2) is 4.98 Å². The lowest BCUT2D eigenvalue weighted by atomic mass is 10.1. The molecule has 0 spiro atoms. The van der Waals surface area contributed by atoms with E-state index in [4.69, 9.17) is 23.2 Å². The molecule has 0 saturated heterocycles. The second kappa shape index (κ2) is 7.78. The molecule has 0 aliphatic rings. The summed E-state index contributed by atoms with van der Waals surface area (Å²) in [6, 6.07) is 10.3. The van der Waals surface area contributed by atoms with Crippen LogP contribution in [0.2, 0.25) is 10.0 Å². The molecule has 0 bridgehead atoms. The number of alkyl halides is 3. The molecule has 0 N–H and O–H groups in total. The van der Waals surface area contributed by atoms with Crippen molar-refractivity contribution in [2.45, 2.75) is 30.4 Å². The molecule has 1 aromatic heterocycles. The van der Waals surface area contributed by atoms with E-state index < -0.39 is 11.7 Å². The van der Waals surface area contributed by atoms with Crippen LogP contribution in [0.1, 0.15) is 19.4 Å². The Morgan fingerprint density at radius 1 is 1.04 bits per heavy atom. The molecule has 8 heteroatoms. The first-order valence-electron chi connectivity index (χ1n) is 8.04. The monoisotopic (exact) mass is 430 g/mol. The Balaban J connectivity index is 2.20. The maximum Gasteiger partial charge on any atom is 0.416 e. The third-order valence-corrected chi connectivity index (χ3v) is 5.43. The number of hydrogen-bond donors (Lipinski definition) is 0. The zero-order chi connectivity index (χ0) is 19.8. The van der Waals surface area contributed by atoms with Gasteiger partial charge in [0.2, 0.25) is 0 Å². The molecular weight excluding hydrogens is 416 g/mol. The average Bonchev–Trinajstić information content (AvgIpc) is 2.99. The molecule has 3 aromatic rings. The van der Waals surface area contributed by atoms with E-state index in [1.165, 1.54) is 17.8 Å². The van der Waals surface area contributed by atoms with Gasteiger partial charge in [-0.2, -0.15) is 13.2 Å². The molecule has 142 valence electrons. The maximum atomic E-state index is 13.2. The van der Waals surface area contributed by atoms with Gasteiger partial charge in [0.25, 0.3) is 0 Å². The van der Waals surface area contributed by atoms with Crippen molar-refractivity contribution in [3.05, 3.63) is 64.3 Å². The molecule has 0 aliphatic carbocycles. The van der Waals surface area contributed by atoms with Gasteiger partial charge in [0.15, 0.2) is 5.16 Å². The van der Waals surface area contributed by atoms with Gasteiger partial charge in [-0.05, 0) is 30.3 Å². The summed E-state index contributed by atoms with van der Waals surface area (Å²) in [6.45, 7) is 3.99. The van der Waals surface area contributed by atoms with Crippen LogP contribution >= 0.6 is 35.0 Å². The Morgan fingerprint density at radius 2 is 1.78 bits per heavy atom. The fourth-order valence-corrected chi connectivity index (χ4v) is 3.70. The molecular formula is C19H15Cl2F3N2S. The van der Waals surface area contributed by atoms with E-state index in [1.807, 2.05) is 13.8 Å². The van der Waals surface area contributed by atoms with Gasteiger partial charge in [0.05, 0.1) is 27.5 Å². The van der Waals surface area contributed by atoms with Crippen molar-refractivity contribution in [1.82, 2.24) is 9.55 Å². The van der Waals surface area contributed by atoms with Crippen molar-refractivity contribution in [3.8, 4) is 16.9 Å². The molecule has 0 atom stereocenters. The summed E-state index contributed by atoms with van der Waals surface area (Å²) in [5, 5.41) is 1.58. The summed E-state index contributed by atoms with van der Waals surface area (Å²) >= 11 is 13.6. The van der Waals surface area contributed by atoms with Crippen molar-refractivity contribution >= 4 is 35.0 Å². The summed E-state index contributed by atoms with van der Waals surface area (Å²) in [5.41, 5.74) is 1.02. The third kappa shape index (κ3) is 4.45. The smallest absolute Gasteiger partial charge is 0.287 e. The fourth-order valence-electron chi connectivity index (χ4n) is 2.56. The Morgan fingerprint density at radius 3 is 2.41 bits per heavy atom. The Bertz CT molecular complexity index is 968. The van der Waals surface area contributed by atoms with E-state index in [0.717, 1.165) is 12.1 Å². The van der Waals surface area contributed by atoms with Crippen LogP contribution in [0, 0.1) is 0 Å². The van der Waals surface area contributed by atoms with E-state index in [0.29, 0.717) is 32.1 Å². The van der Waals surface area contributed by atoms with Gasteiger partial charge in [0, 0.05) is 16.5 Å². The summed E-state index contributed by atoms with van der Waals surface area (Å²) < 4.78 is 41.2. The number of rotatable bonds is 4. The number of thioether (sulfide) groups is 1. The molecule has 2 aromatic carbocycles. The lowest BCUT2D eigenvalue weighted by molar-refractivity contribution is -0.137. The van der Waals surface area contributed by atoms with Crippen LogP contribution in [-0.2, 0) is 6.18 Å². The molecule has 2 nitrogen and oxygen atoms in total. The van der Waals surface area contributed by atoms with Crippen LogP contribution in [0.3, 0.4) is 0 Å². The first kappa shape index (κ1) is 20.1. The molecule has 0 radical (unpaired) electrons. The zero-order valence-electron chi connectivity index (χ0n) is 14.4. The van der Waals surface area contributed by atoms with Gasteiger partial charge >= 0.3 is 6.18 Å². The van der Waals surface area contributed by atoms with E-state index in [2.05, 4.69) is 4.98 Å². The molecule has 27 heavy (non-hydrogen) atoms. The first-order chi connectivity index (χ1) is 12.7. The molecule has 3 rings (SSSR count). The summed E-state index contributed by atoms with van der Waals surface area (Å²) in [6.07, 6.45) is -2.80. The third-order valence-electron chi connectivity index (χ3n) is 3.72. The van der Waals surface area contributed by atoms with Crippen molar-refractivity contribution < 1.29 is 13.2 Å². The number of benzene rings is 2. The van der Waals surface area contributed by atoms with Crippen LogP contribution in [0.5, 0.6) is 0 Å². The van der Waals surface area contributed by atoms with Crippen molar-refractivity contribution in [1.29, 1.82) is 0 Å². The topological polar surface area (TPSA) is 17.8 Å². The SMILES string of the molecule is CC(C)Sc1ncc(-c2ccc(Cl)c(Cl)c2)n1-c1cccc(C(F)(F)F)c1. The van der Waals surface area contributed by atoms with Gasteiger partial charge in [-0.15, -0.1) is 0 Å². The van der Waals surface area contributed by atoms with Crippen LogP contribution in [-0.4, -0.2) is 14.8 Å². The summed E-state index contributed by atoms with van der Waals surface area (Å²) in [7, 11) is 0. The summed E-state index contributed by atoms with van der Waals surface area (Å²) in [5.74, 6) is 0. The molecule has 0 fully saturated rings. The highest BCUT2D eigenvalue weighted by Crippen LogP contribution is 2.36. The Hall–Kier alpha value is -1.63. The lowest BCUT2D eigenvalue weighted by Crippen LogP contribution is -2.07. The number of nitrogens with zero attached hydrogens (tertiary/aromatic N) is 2. The molecule has 0 aliphatic heterocycles. The quantitative estimate of drug-likeness (QED) is 0.402. The number of halogens is 5.